The fourth-order valence-electron chi connectivity index (χ4n) is 2.06. The van der Waals surface area contributed by atoms with Crippen LogP contribution >= 0.6 is 0 Å². The Hall–Kier alpha value is -2.00. The van der Waals surface area contributed by atoms with Crippen LogP contribution in [0.4, 0.5) is 0 Å². The minimum Gasteiger partial charge on any atom is -0.497 e. The maximum atomic E-state index is 6.21. The molecule has 0 bridgehead atoms. The Kier molecular flexibility index (Phi) is 5.02. The summed E-state index contributed by atoms with van der Waals surface area (Å²) in [7, 11) is 1.66. The molecule has 20 heavy (non-hydrogen) atoms. The molecule has 0 amide bonds. The van der Waals surface area contributed by atoms with Gasteiger partial charge < -0.3 is 15.2 Å². The predicted molar refractivity (Wildman–Crippen MR) is 81.1 cm³/mol. The lowest BCUT2D eigenvalue weighted by Gasteiger charge is -2.25. The van der Waals surface area contributed by atoms with Gasteiger partial charge in [-0.1, -0.05) is 37.3 Å². The van der Waals surface area contributed by atoms with Crippen molar-refractivity contribution in [1.82, 2.24) is 0 Å². The Morgan fingerprint density at radius 1 is 0.950 bits per heavy atom. The van der Waals surface area contributed by atoms with E-state index < -0.39 is 0 Å². The monoisotopic (exact) mass is 271 g/mol. The van der Waals surface area contributed by atoms with Crippen LogP contribution in [0.25, 0.3) is 0 Å². The summed E-state index contributed by atoms with van der Waals surface area (Å²) < 4.78 is 11.2. The second kappa shape index (κ2) is 6.96. The van der Waals surface area contributed by atoms with Crippen LogP contribution in [0.5, 0.6) is 11.5 Å². The van der Waals surface area contributed by atoms with Gasteiger partial charge in [0.2, 0.25) is 0 Å². The van der Waals surface area contributed by atoms with E-state index in [1.54, 1.807) is 7.11 Å². The molecule has 0 fully saturated rings. The zero-order valence-electron chi connectivity index (χ0n) is 12.0. The minimum absolute atomic E-state index is 0.0522. The third kappa shape index (κ3) is 3.52. The first-order valence-electron chi connectivity index (χ1n) is 6.85. The number of rotatable bonds is 6. The van der Waals surface area contributed by atoms with Crippen molar-refractivity contribution < 1.29 is 9.47 Å². The molecule has 0 radical (unpaired) electrons. The van der Waals surface area contributed by atoms with Crippen molar-refractivity contribution in [2.45, 2.75) is 25.5 Å². The van der Waals surface area contributed by atoms with E-state index in [9.17, 15) is 0 Å². The van der Waals surface area contributed by atoms with Gasteiger partial charge in [-0.3, -0.25) is 0 Å². The van der Waals surface area contributed by atoms with Crippen LogP contribution in [-0.2, 0) is 0 Å². The van der Waals surface area contributed by atoms with Gasteiger partial charge in [0.25, 0.3) is 0 Å². The average molecular weight is 271 g/mol. The summed E-state index contributed by atoms with van der Waals surface area (Å²) in [4.78, 5) is 0. The molecular weight excluding hydrogens is 250 g/mol. The first kappa shape index (κ1) is 14.4. The van der Waals surface area contributed by atoms with E-state index in [-0.39, 0.29) is 12.1 Å². The smallest absolute Gasteiger partial charge is 0.139 e. The Morgan fingerprint density at radius 3 is 2.15 bits per heavy atom. The van der Waals surface area contributed by atoms with Crippen molar-refractivity contribution in [2.24, 2.45) is 5.73 Å². The largest absolute Gasteiger partial charge is 0.497 e. The number of hydrogen-bond acceptors (Lipinski definition) is 3. The van der Waals surface area contributed by atoms with Gasteiger partial charge in [-0.05, 0) is 36.2 Å². The molecule has 0 aliphatic rings. The van der Waals surface area contributed by atoms with Crippen LogP contribution in [0.1, 0.15) is 25.0 Å². The van der Waals surface area contributed by atoms with Gasteiger partial charge in [-0.25, -0.2) is 0 Å². The van der Waals surface area contributed by atoms with Crippen molar-refractivity contribution >= 4 is 0 Å². The molecule has 2 N–H and O–H groups in total. The summed E-state index contributed by atoms with van der Waals surface area (Å²) >= 11 is 0. The Bertz CT molecular complexity index is 510. The van der Waals surface area contributed by atoms with Crippen LogP contribution in [0.3, 0.4) is 0 Å². The molecule has 0 saturated carbocycles. The van der Waals surface area contributed by atoms with Gasteiger partial charge in [0.05, 0.1) is 7.11 Å². The van der Waals surface area contributed by atoms with Gasteiger partial charge >= 0.3 is 0 Å². The fraction of sp³-hybridized carbons (Fsp3) is 0.294. The maximum absolute atomic E-state index is 6.21. The number of benzene rings is 2. The molecule has 3 nitrogen and oxygen atoms in total. The van der Waals surface area contributed by atoms with Gasteiger partial charge in [0.15, 0.2) is 0 Å². The second-order valence-corrected chi connectivity index (χ2v) is 4.70. The quantitative estimate of drug-likeness (QED) is 0.873. The van der Waals surface area contributed by atoms with Gasteiger partial charge in [-0.15, -0.1) is 0 Å². The summed E-state index contributed by atoms with van der Waals surface area (Å²) in [5, 5.41) is 0. The molecule has 106 valence electrons. The lowest BCUT2D eigenvalue weighted by molar-refractivity contribution is 0.171. The van der Waals surface area contributed by atoms with Crippen molar-refractivity contribution in [2.75, 3.05) is 7.11 Å². The van der Waals surface area contributed by atoms with Crippen LogP contribution in [0.15, 0.2) is 54.6 Å². The molecule has 0 spiro atoms. The highest BCUT2D eigenvalue weighted by molar-refractivity contribution is 5.30. The number of hydrogen-bond donors (Lipinski definition) is 1. The fourth-order valence-corrected chi connectivity index (χ4v) is 2.06. The molecular formula is C17H21NO2. The van der Waals surface area contributed by atoms with E-state index in [0.717, 1.165) is 23.5 Å². The Labute approximate surface area is 120 Å². The highest BCUT2D eigenvalue weighted by atomic mass is 16.5. The number of methoxy groups -OCH3 is 1. The van der Waals surface area contributed by atoms with E-state index >= 15 is 0 Å². The number of nitrogens with two attached hydrogens (primary N) is 1. The van der Waals surface area contributed by atoms with E-state index in [1.807, 2.05) is 54.6 Å². The second-order valence-electron chi connectivity index (χ2n) is 4.70. The standard InChI is InChI=1S/C17H21NO2/c1-3-16(18)17(20-15-7-5-4-6-8-15)13-9-11-14(19-2)12-10-13/h4-12,16-17H,3,18H2,1-2H3. The third-order valence-corrected chi connectivity index (χ3v) is 3.31. The molecule has 2 rings (SSSR count). The molecule has 0 aromatic heterocycles. The summed E-state index contributed by atoms with van der Waals surface area (Å²) in [5.74, 6) is 1.66. The molecule has 2 unspecified atom stereocenters. The van der Waals surface area contributed by atoms with E-state index in [1.165, 1.54) is 0 Å². The van der Waals surface area contributed by atoms with Crippen molar-refractivity contribution in [3.8, 4) is 11.5 Å². The van der Waals surface area contributed by atoms with Crippen molar-refractivity contribution in [3.05, 3.63) is 60.2 Å². The first-order valence-corrected chi connectivity index (χ1v) is 6.85. The molecule has 2 aromatic rings. The summed E-state index contributed by atoms with van der Waals surface area (Å²) in [6, 6.07) is 17.6. The van der Waals surface area contributed by atoms with Crippen molar-refractivity contribution in [3.63, 3.8) is 0 Å². The summed E-state index contributed by atoms with van der Waals surface area (Å²) in [6.07, 6.45) is 0.692. The minimum atomic E-state index is -0.159. The first-order chi connectivity index (χ1) is 9.74. The normalized spacial score (nSPS) is 13.6. The number of para-hydroxylation sites is 1. The maximum Gasteiger partial charge on any atom is 0.139 e. The molecule has 0 aliphatic heterocycles. The molecule has 2 aromatic carbocycles. The number of ether oxygens (including phenoxy) is 2. The van der Waals surface area contributed by atoms with Crippen LogP contribution in [0, 0.1) is 0 Å². The topological polar surface area (TPSA) is 44.5 Å². The van der Waals surface area contributed by atoms with Crippen LogP contribution in [0.2, 0.25) is 0 Å². The van der Waals surface area contributed by atoms with E-state index in [4.69, 9.17) is 15.2 Å². The molecule has 3 heteroatoms. The van der Waals surface area contributed by atoms with Gasteiger partial charge in [-0.2, -0.15) is 0 Å². The molecule has 0 heterocycles. The summed E-state index contributed by atoms with van der Waals surface area (Å²) in [6.45, 7) is 2.07. The third-order valence-electron chi connectivity index (χ3n) is 3.31. The lowest BCUT2D eigenvalue weighted by atomic mass is 10.0. The highest BCUT2D eigenvalue weighted by Crippen LogP contribution is 2.26. The predicted octanol–water partition coefficient (Wildman–Crippen LogP) is 3.55. The zero-order chi connectivity index (χ0) is 14.4. The average Bonchev–Trinajstić information content (AvgIpc) is 2.53. The Balaban J connectivity index is 2.22. The zero-order valence-corrected chi connectivity index (χ0v) is 12.0. The van der Waals surface area contributed by atoms with Crippen molar-refractivity contribution in [1.29, 1.82) is 0 Å². The highest BCUT2D eigenvalue weighted by Gasteiger charge is 2.20. The van der Waals surface area contributed by atoms with E-state index in [0.29, 0.717) is 0 Å². The summed E-state index contributed by atoms with van der Waals surface area (Å²) in [5.41, 5.74) is 7.27. The van der Waals surface area contributed by atoms with Crippen LogP contribution < -0.4 is 15.2 Å². The molecule has 2 atom stereocenters. The lowest BCUT2D eigenvalue weighted by Crippen LogP contribution is -2.31. The SMILES string of the molecule is CCC(N)C(Oc1ccccc1)c1ccc(OC)cc1. The Morgan fingerprint density at radius 2 is 1.60 bits per heavy atom. The molecule has 0 saturated heterocycles. The molecule has 0 aliphatic carbocycles. The van der Waals surface area contributed by atoms with E-state index in [2.05, 4.69) is 6.92 Å². The van der Waals surface area contributed by atoms with Gasteiger partial charge in [0.1, 0.15) is 17.6 Å². The van der Waals surface area contributed by atoms with Gasteiger partial charge in [0, 0.05) is 6.04 Å². The van der Waals surface area contributed by atoms with Crippen LogP contribution in [-0.4, -0.2) is 13.2 Å².